The first kappa shape index (κ1) is 15.5. The summed E-state index contributed by atoms with van der Waals surface area (Å²) in [5.41, 5.74) is -0.176. The fourth-order valence-corrected chi connectivity index (χ4v) is 2.38. The van der Waals surface area contributed by atoms with Crippen LogP contribution in [0.2, 0.25) is 0 Å². The second kappa shape index (κ2) is 6.24. The molecule has 0 amide bonds. The first-order chi connectivity index (χ1) is 9.91. The van der Waals surface area contributed by atoms with Crippen LogP contribution in [0.15, 0.2) is 18.2 Å². The Morgan fingerprint density at radius 1 is 1.38 bits per heavy atom. The number of nitrogens with zero attached hydrogens (tertiary/aromatic N) is 1. The molecule has 0 saturated heterocycles. The van der Waals surface area contributed by atoms with E-state index in [1.165, 1.54) is 19.2 Å². The van der Waals surface area contributed by atoms with Gasteiger partial charge in [-0.1, -0.05) is 0 Å². The van der Waals surface area contributed by atoms with Crippen LogP contribution in [0.3, 0.4) is 0 Å². The van der Waals surface area contributed by atoms with E-state index in [1.54, 1.807) is 6.07 Å². The zero-order valence-electron chi connectivity index (χ0n) is 11.7. The number of methoxy groups -OCH3 is 1. The summed E-state index contributed by atoms with van der Waals surface area (Å²) in [5.74, 6) is -2.00. The number of hydrogen-bond donors (Lipinski definition) is 0. The van der Waals surface area contributed by atoms with Gasteiger partial charge < -0.3 is 9.47 Å². The topological polar surface area (TPSA) is 61.6 Å². The largest absolute Gasteiger partial charge is 0.493 e. The van der Waals surface area contributed by atoms with Gasteiger partial charge in [-0.2, -0.15) is 0 Å². The molecule has 0 radical (unpaired) electrons. The van der Waals surface area contributed by atoms with Crippen LogP contribution in [0.4, 0.5) is 14.5 Å². The molecule has 1 aromatic rings. The smallest absolute Gasteiger partial charge is 0.314 e. The Balaban J connectivity index is 1.95. The molecule has 0 bridgehead atoms. The Hall–Kier alpha value is -1.92. The number of nitro groups is 1. The van der Waals surface area contributed by atoms with Gasteiger partial charge in [0.1, 0.15) is 5.75 Å². The highest BCUT2D eigenvalue weighted by molar-refractivity contribution is 5.50. The van der Waals surface area contributed by atoms with Gasteiger partial charge in [0.05, 0.1) is 24.7 Å². The van der Waals surface area contributed by atoms with Crippen molar-refractivity contribution in [3.05, 3.63) is 28.3 Å². The number of alkyl halides is 2. The molecule has 1 saturated carbocycles. The van der Waals surface area contributed by atoms with E-state index in [1.807, 2.05) is 0 Å². The van der Waals surface area contributed by atoms with Gasteiger partial charge in [-0.15, -0.1) is 0 Å². The van der Waals surface area contributed by atoms with Gasteiger partial charge >= 0.3 is 5.69 Å². The molecule has 1 aliphatic carbocycles. The third-order valence-electron chi connectivity index (χ3n) is 3.67. The number of rotatable bonds is 5. The highest BCUT2D eigenvalue weighted by Crippen LogP contribution is 2.37. The van der Waals surface area contributed by atoms with Gasteiger partial charge in [0.25, 0.3) is 0 Å². The van der Waals surface area contributed by atoms with E-state index in [0.29, 0.717) is 25.2 Å². The number of ether oxygens (including phenoxy) is 2. The molecular weight excluding hydrogens is 284 g/mol. The van der Waals surface area contributed by atoms with Crippen LogP contribution in [0, 0.1) is 16.0 Å². The first-order valence-corrected chi connectivity index (χ1v) is 6.74. The van der Waals surface area contributed by atoms with Crippen molar-refractivity contribution >= 4 is 5.69 Å². The van der Waals surface area contributed by atoms with E-state index in [0.717, 1.165) is 0 Å². The Kier molecular flexibility index (Phi) is 4.59. The molecule has 21 heavy (non-hydrogen) atoms. The lowest BCUT2D eigenvalue weighted by Gasteiger charge is -2.28. The normalized spacial score (nSPS) is 18.2. The minimum atomic E-state index is -2.56. The van der Waals surface area contributed by atoms with Gasteiger partial charge in [0, 0.05) is 12.8 Å². The van der Waals surface area contributed by atoms with Gasteiger partial charge in [-0.25, -0.2) is 8.78 Å². The van der Waals surface area contributed by atoms with Crippen LogP contribution < -0.4 is 9.47 Å². The highest BCUT2D eigenvalue weighted by atomic mass is 19.3. The Labute approximate surface area is 121 Å². The van der Waals surface area contributed by atoms with E-state index in [4.69, 9.17) is 9.47 Å². The molecule has 0 atom stereocenters. The maximum absolute atomic E-state index is 13.0. The van der Waals surface area contributed by atoms with Crippen LogP contribution >= 0.6 is 0 Å². The minimum Gasteiger partial charge on any atom is -0.493 e. The SMILES string of the molecule is COc1ccc(OCC2CCC(F)(F)CC2)cc1[N+](=O)[O-]. The van der Waals surface area contributed by atoms with Gasteiger partial charge in [-0.3, -0.25) is 10.1 Å². The van der Waals surface area contributed by atoms with E-state index in [2.05, 4.69) is 0 Å². The van der Waals surface area contributed by atoms with Crippen molar-refractivity contribution in [2.24, 2.45) is 5.92 Å². The number of halogens is 2. The summed E-state index contributed by atoms with van der Waals surface area (Å²) in [7, 11) is 1.35. The second-order valence-electron chi connectivity index (χ2n) is 5.20. The molecule has 5 nitrogen and oxygen atoms in total. The highest BCUT2D eigenvalue weighted by Gasteiger charge is 2.35. The molecule has 2 rings (SSSR count). The molecule has 0 unspecified atom stereocenters. The van der Waals surface area contributed by atoms with Gasteiger partial charge in [-0.05, 0) is 30.9 Å². The van der Waals surface area contributed by atoms with Crippen LogP contribution in [0.5, 0.6) is 11.5 Å². The maximum Gasteiger partial charge on any atom is 0.314 e. The average Bonchev–Trinajstić information content (AvgIpc) is 2.45. The summed E-state index contributed by atoms with van der Waals surface area (Å²) in [5, 5.41) is 10.9. The fraction of sp³-hybridized carbons (Fsp3) is 0.571. The van der Waals surface area contributed by atoms with Crippen molar-refractivity contribution in [1.29, 1.82) is 0 Å². The third kappa shape index (κ3) is 4.03. The first-order valence-electron chi connectivity index (χ1n) is 6.74. The quantitative estimate of drug-likeness (QED) is 0.613. The van der Waals surface area contributed by atoms with E-state index >= 15 is 0 Å². The summed E-state index contributed by atoms with van der Waals surface area (Å²) in [4.78, 5) is 10.3. The molecule has 7 heteroatoms. The summed E-state index contributed by atoms with van der Waals surface area (Å²) in [6.07, 6.45) is 0.573. The second-order valence-corrected chi connectivity index (χ2v) is 5.20. The van der Waals surface area contributed by atoms with Gasteiger partial charge in [0.2, 0.25) is 5.92 Å². The number of nitro benzene ring substituents is 1. The monoisotopic (exact) mass is 301 g/mol. The summed E-state index contributed by atoms with van der Waals surface area (Å²) >= 11 is 0. The molecule has 1 aromatic carbocycles. The number of benzene rings is 1. The molecule has 1 fully saturated rings. The van der Waals surface area contributed by atoms with E-state index in [-0.39, 0.29) is 30.2 Å². The van der Waals surface area contributed by atoms with Gasteiger partial charge in [0.15, 0.2) is 5.75 Å². The number of hydrogen-bond acceptors (Lipinski definition) is 4. The third-order valence-corrected chi connectivity index (χ3v) is 3.67. The fourth-order valence-electron chi connectivity index (χ4n) is 2.38. The predicted octanol–water partition coefficient (Wildman–Crippen LogP) is 3.81. The van der Waals surface area contributed by atoms with E-state index < -0.39 is 10.8 Å². The van der Waals surface area contributed by atoms with Crippen molar-refractivity contribution in [3.8, 4) is 11.5 Å². The van der Waals surface area contributed by atoms with Crippen molar-refractivity contribution in [2.45, 2.75) is 31.6 Å². The summed E-state index contributed by atoms with van der Waals surface area (Å²) in [6, 6.07) is 4.32. The predicted molar refractivity (Wildman–Crippen MR) is 72.0 cm³/mol. The van der Waals surface area contributed by atoms with Crippen LogP contribution in [-0.4, -0.2) is 24.6 Å². The Bertz CT molecular complexity index is 512. The maximum atomic E-state index is 13.0. The molecule has 0 heterocycles. The molecule has 1 aliphatic rings. The molecule has 116 valence electrons. The van der Waals surface area contributed by atoms with Crippen molar-refractivity contribution in [1.82, 2.24) is 0 Å². The summed E-state index contributed by atoms with van der Waals surface area (Å²) in [6.45, 7) is 0.291. The van der Waals surface area contributed by atoms with Crippen molar-refractivity contribution in [3.63, 3.8) is 0 Å². The zero-order chi connectivity index (χ0) is 15.5. The zero-order valence-corrected chi connectivity index (χ0v) is 11.7. The standard InChI is InChI=1S/C14H17F2NO4/c1-20-13-3-2-11(8-12(13)17(18)19)21-9-10-4-6-14(15,16)7-5-10/h2-3,8,10H,4-7,9H2,1H3. The van der Waals surface area contributed by atoms with Crippen LogP contribution in [-0.2, 0) is 0 Å². The van der Waals surface area contributed by atoms with Crippen LogP contribution in [0.1, 0.15) is 25.7 Å². The minimum absolute atomic E-state index is 0.0609. The Morgan fingerprint density at radius 3 is 2.62 bits per heavy atom. The van der Waals surface area contributed by atoms with E-state index in [9.17, 15) is 18.9 Å². The molecule has 0 aromatic heterocycles. The van der Waals surface area contributed by atoms with Crippen LogP contribution in [0.25, 0.3) is 0 Å². The molecule has 0 aliphatic heterocycles. The lowest BCUT2D eigenvalue weighted by atomic mass is 9.87. The lowest BCUT2D eigenvalue weighted by molar-refractivity contribution is -0.385. The van der Waals surface area contributed by atoms with Crippen molar-refractivity contribution < 1.29 is 23.2 Å². The molecule has 0 N–H and O–H groups in total. The Morgan fingerprint density at radius 2 is 2.05 bits per heavy atom. The molecular formula is C14H17F2NO4. The summed E-state index contributed by atoms with van der Waals surface area (Å²) < 4.78 is 36.5. The lowest BCUT2D eigenvalue weighted by Crippen LogP contribution is -2.27. The molecule has 0 spiro atoms. The average molecular weight is 301 g/mol. The van der Waals surface area contributed by atoms with Crippen molar-refractivity contribution in [2.75, 3.05) is 13.7 Å².